The number of hydrogen-bond donors (Lipinski definition) is 0. The Hall–Kier alpha value is -0.157. The minimum atomic E-state index is -0.658. The van der Waals surface area contributed by atoms with Crippen LogP contribution in [0.1, 0.15) is 90.9 Å². The minimum absolute atomic E-state index is 0.458. The number of rotatable bonds is 2. The summed E-state index contributed by atoms with van der Waals surface area (Å²) < 4.78 is 0.917. The van der Waals surface area contributed by atoms with E-state index >= 15 is 0 Å². The molecular weight excluding hydrogens is 379 g/mol. The first-order valence-corrected chi connectivity index (χ1v) is 13.2. The van der Waals surface area contributed by atoms with E-state index in [9.17, 15) is 0 Å². The van der Waals surface area contributed by atoms with Crippen LogP contribution in [-0.4, -0.2) is 0 Å². The fourth-order valence-electron chi connectivity index (χ4n) is 5.63. The first-order valence-electron chi connectivity index (χ1n) is 10.7. The zero-order valence-electron chi connectivity index (χ0n) is 16.3. The topological polar surface area (TPSA) is 0 Å². The second-order valence-electron chi connectivity index (χ2n) is 9.03. The van der Waals surface area contributed by atoms with E-state index < -0.39 is 23.2 Å². The zero-order valence-corrected chi connectivity index (χ0v) is 18.8. The Labute approximate surface area is 166 Å². The fourth-order valence-corrected chi connectivity index (χ4v) is 11.2. The van der Waals surface area contributed by atoms with E-state index in [1.54, 1.807) is 11.1 Å². The van der Waals surface area contributed by atoms with Crippen molar-refractivity contribution in [2.75, 3.05) is 0 Å². The third kappa shape index (κ3) is 3.65. The SMILES string of the molecule is C[C]1([Zr][C]2(C)C=CC3=C2CCCCCC3)C=CC2=C1CCCCCC2. The van der Waals surface area contributed by atoms with Crippen LogP contribution < -0.4 is 0 Å². The molecule has 0 aromatic heterocycles. The normalized spacial score (nSPS) is 35.8. The van der Waals surface area contributed by atoms with Crippen LogP contribution in [0.3, 0.4) is 0 Å². The molecule has 0 spiro atoms. The summed E-state index contributed by atoms with van der Waals surface area (Å²) in [4.78, 5) is 0. The van der Waals surface area contributed by atoms with E-state index in [4.69, 9.17) is 0 Å². The van der Waals surface area contributed by atoms with Gasteiger partial charge in [0.15, 0.2) is 0 Å². The van der Waals surface area contributed by atoms with Crippen LogP contribution in [0.15, 0.2) is 46.6 Å². The molecule has 4 aliphatic rings. The average Bonchev–Trinajstić information content (AvgIpc) is 2.96. The van der Waals surface area contributed by atoms with Crippen molar-refractivity contribution < 1.29 is 23.2 Å². The summed E-state index contributed by atoms with van der Waals surface area (Å²) in [5.41, 5.74) is 7.21. The van der Waals surface area contributed by atoms with E-state index in [1.165, 1.54) is 77.0 Å². The van der Waals surface area contributed by atoms with Crippen LogP contribution in [0, 0.1) is 0 Å². The van der Waals surface area contributed by atoms with E-state index in [-0.39, 0.29) is 0 Å². The summed E-state index contributed by atoms with van der Waals surface area (Å²) in [6.07, 6.45) is 27.3. The quantitative estimate of drug-likeness (QED) is 0.432. The third-order valence-corrected chi connectivity index (χ3v) is 11.9. The van der Waals surface area contributed by atoms with Gasteiger partial charge in [-0.3, -0.25) is 0 Å². The molecule has 4 rings (SSSR count). The summed E-state index contributed by atoms with van der Waals surface area (Å²) in [5, 5.41) is 0. The van der Waals surface area contributed by atoms with Crippen molar-refractivity contribution in [2.24, 2.45) is 0 Å². The van der Waals surface area contributed by atoms with E-state index in [2.05, 4.69) is 38.2 Å². The molecule has 0 radical (unpaired) electrons. The third-order valence-electron chi connectivity index (χ3n) is 7.03. The van der Waals surface area contributed by atoms with Crippen molar-refractivity contribution in [3.63, 3.8) is 0 Å². The van der Waals surface area contributed by atoms with Gasteiger partial charge in [-0.25, -0.2) is 0 Å². The predicted molar refractivity (Wildman–Crippen MR) is 104 cm³/mol. The number of hydrogen-bond acceptors (Lipinski definition) is 0. The van der Waals surface area contributed by atoms with E-state index in [0.29, 0.717) is 6.25 Å². The van der Waals surface area contributed by atoms with Gasteiger partial charge in [-0.2, -0.15) is 0 Å². The number of allylic oxidation sites excluding steroid dienone is 8. The molecule has 2 atom stereocenters. The molecule has 0 nitrogen and oxygen atoms in total. The van der Waals surface area contributed by atoms with Gasteiger partial charge in [0.1, 0.15) is 0 Å². The Morgan fingerprint density at radius 2 is 1.00 bits per heavy atom. The Bertz CT molecular complexity index is 591. The van der Waals surface area contributed by atoms with Crippen molar-refractivity contribution in [1.82, 2.24) is 0 Å². The molecule has 0 aromatic rings. The molecule has 0 amide bonds. The zero-order chi connectivity index (χ0) is 17.3. The van der Waals surface area contributed by atoms with Gasteiger partial charge >= 0.3 is 167 Å². The Morgan fingerprint density at radius 1 is 0.600 bits per heavy atom. The Morgan fingerprint density at radius 3 is 1.44 bits per heavy atom. The van der Waals surface area contributed by atoms with Crippen LogP contribution >= 0.6 is 0 Å². The van der Waals surface area contributed by atoms with Gasteiger partial charge in [0.2, 0.25) is 0 Å². The Kier molecular flexibility index (Phi) is 5.43. The molecule has 25 heavy (non-hydrogen) atoms. The van der Waals surface area contributed by atoms with Crippen molar-refractivity contribution in [1.29, 1.82) is 0 Å². The fraction of sp³-hybridized carbons (Fsp3) is 0.667. The second kappa shape index (κ2) is 7.46. The monoisotopic (exact) mass is 412 g/mol. The molecule has 0 aliphatic heterocycles. The van der Waals surface area contributed by atoms with Gasteiger partial charge in [0.05, 0.1) is 0 Å². The molecule has 4 aliphatic carbocycles. The van der Waals surface area contributed by atoms with Gasteiger partial charge in [-0.15, -0.1) is 0 Å². The van der Waals surface area contributed by atoms with Gasteiger partial charge in [-0.05, 0) is 0 Å². The van der Waals surface area contributed by atoms with Crippen LogP contribution in [-0.2, 0) is 23.2 Å². The van der Waals surface area contributed by atoms with Gasteiger partial charge in [0, 0.05) is 0 Å². The van der Waals surface area contributed by atoms with Gasteiger partial charge in [0.25, 0.3) is 0 Å². The summed E-state index contributed by atoms with van der Waals surface area (Å²) >= 11 is -0.658. The first-order chi connectivity index (χ1) is 12.1. The van der Waals surface area contributed by atoms with Crippen molar-refractivity contribution in [3.05, 3.63) is 46.6 Å². The molecule has 0 saturated heterocycles. The Balaban J connectivity index is 1.60. The van der Waals surface area contributed by atoms with Crippen molar-refractivity contribution >= 4 is 0 Å². The molecule has 0 heterocycles. The summed E-state index contributed by atoms with van der Waals surface area (Å²) in [6, 6.07) is 0. The van der Waals surface area contributed by atoms with Crippen LogP contribution in [0.2, 0.25) is 6.25 Å². The van der Waals surface area contributed by atoms with Crippen LogP contribution in [0.4, 0.5) is 0 Å². The van der Waals surface area contributed by atoms with Gasteiger partial charge < -0.3 is 0 Å². The van der Waals surface area contributed by atoms with E-state index in [1.807, 2.05) is 11.1 Å². The maximum absolute atomic E-state index is 2.65. The van der Waals surface area contributed by atoms with E-state index in [0.717, 1.165) is 0 Å². The molecule has 0 fully saturated rings. The predicted octanol–water partition coefficient (Wildman–Crippen LogP) is 7.87. The summed E-state index contributed by atoms with van der Waals surface area (Å²) in [7, 11) is 0. The van der Waals surface area contributed by atoms with Crippen LogP contribution in [0.5, 0.6) is 0 Å². The molecular formula is C24H34Zr. The molecule has 1 heteroatoms. The van der Waals surface area contributed by atoms with Crippen molar-refractivity contribution in [2.45, 2.75) is 97.1 Å². The summed E-state index contributed by atoms with van der Waals surface area (Å²) in [6.45, 7) is 5.22. The standard InChI is InChI=1S/2C12H17.Zr/c2*1-10-8-9-11-6-4-2-3-5-7-12(10)11;/h2*8-9H,2-7H2,1H3;. The molecule has 134 valence electrons. The molecule has 0 N–H and O–H groups in total. The average molecular weight is 414 g/mol. The molecule has 2 unspecified atom stereocenters. The molecule has 0 saturated carbocycles. The van der Waals surface area contributed by atoms with Gasteiger partial charge in [-0.1, -0.05) is 0 Å². The summed E-state index contributed by atoms with van der Waals surface area (Å²) in [5.74, 6) is 0. The molecule has 0 aromatic carbocycles. The maximum atomic E-state index is 2.65. The van der Waals surface area contributed by atoms with Crippen molar-refractivity contribution in [3.8, 4) is 0 Å². The van der Waals surface area contributed by atoms with Crippen LogP contribution in [0.25, 0.3) is 0 Å². The molecule has 0 bridgehead atoms. The first kappa shape index (κ1) is 18.2. The second-order valence-corrected chi connectivity index (χ2v) is 14.8.